The number of carbonyl (C=O) groups is 3. The molecule has 5 N–H and O–H groups in total. The van der Waals surface area contributed by atoms with E-state index < -0.39 is 30.4 Å². The second kappa shape index (κ2) is 7.11. The molecule has 0 fully saturated rings. The van der Waals surface area contributed by atoms with Gasteiger partial charge in [0.15, 0.2) is 0 Å². The number of primary amides is 1. The molecule has 20 heavy (non-hydrogen) atoms. The number of urea groups is 1. The Morgan fingerprint density at radius 3 is 2.60 bits per heavy atom. The number of hydrogen-bond donors (Lipinski definition) is 4. The van der Waals surface area contributed by atoms with Crippen LogP contribution in [-0.2, 0) is 9.59 Å². The van der Waals surface area contributed by atoms with Crippen LogP contribution in [0.3, 0.4) is 0 Å². The summed E-state index contributed by atoms with van der Waals surface area (Å²) in [6.45, 7) is 0. The van der Waals surface area contributed by atoms with Gasteiger partial charge in [0.2, 0.25) is 5.91 Å². The van der Waals surface area contributed by atoms with Crippen LogP contribution in [0.5, 0.6) is 0 Å². The van der Waals surface area contributed by atoms with Gasteiger partial charge >= 0.3 is 12.0 Å². The van der Waals surface area contributed by atoms with E-state index in [1.807, 2.05) is 0 Å². The van der Waals surface area contributed by atoms with Crippen LogP contribution in [0.4, 0.5) is 10.5 Å². The van der Waals surface area contributed by atoms with Crippen LogP contribution in [-0.4, -0.2) is 29.1 Å². The lowest BCUT2D eigenvalue weighted by Crippen LogP contribution is -2.45. The van der Waals surface area contributed by atoms with Gasteiger partial charge in [-0.25, -0.2) is 9.59 Å². The molecule has 0 spiro atoms. The van der Waals surface area contributed by atoms with Gasteiger partial charge in [-0.2, -0.15) is 0 Å². The number of carboxylic acids is 1. The highest BCUT2D eigenvalue weighted by Gasteiger charge is 2.22. The van der Waals surface area contributed by atoms with Gasteiger partial charge in [-0.3, -0.25) is 4.79 Å². The number of aliphatic carboxylic acids is 1. The SMILES string of the molecule is NC(=O)C[C@H](NC(=O)Nc1cc(Br)ccc1Cl)C(=O)O. The van der Waals surface area contributed by atoms with Gasteiger partial charge in [0.05, 0.1) is 17.1 Å². The lowest BCUT2D eigenvalue weighted by Gasteiger charge is -2.14. The van der Waals surface area contributed by atoms with E-state index in [1.54, 1.807) is 18.2 Å². The summed E-state index contributed by atoms with van der Waals surface area (Å²) in [5, 5.41) is 13.6. The molecule has 0 saturated heterocycles. The third kappa shape index (κ3) is 5.06. The van der Waals surface area contributed by atoms with Crippen LogP contribution < -0.4 is 16.4 Å². The van der Waals surface area contributed by atoms with E-state index in [1.165, 1.54) is 0 Å². The predicted octanol–water partition coefficient (Wildman–Crippen LogP) is 1.55. The molecule has 1 atom stereocenters. The van der Waals surface area contributed by atoms with Gasteiger partial charge in [-0.05, 0) is 18.2 Å². The number of carboxylic acid groups (broad SMARTS) is 1. The molecule has 0 unspecified atom stereocenters. The van der Waals surface area contributed by atoms with E-state index in [9.17, 15) is 14.4 Å². The number of benzene rings is 1. The van der Waals surface area contributed by atoms with Crippen molar-refractivity contribution < 1.29 is 19.5 Å². The summed E-state index contributed by atoms with van der Waals surface area (Å²) < 4.78 is 0.684. The summed E-state index contributed by atoms with van der Waals surface area (Å²) >= 11 is 9.08. The zero-order valence-corrected chi connectivity index (χ0v) is 12.4. The molecule has 0 saturated carbocycles. The van der Waals surface area contributed by atoms with Crippen molar-refractivity contribution in [1.29, 1.82) is 0 Å². The highest BCUT2D eigenvalue weighted by atomic mass is 79.9. The fourth-order valence-electron chi connectivity index (χ4n) is 1.31. The van der Waals surface area contributed by atoms with E-state index in [2.05, 4.69) is 26.6 Å². The molecule has 3 amide bonds. The Labute approximate surface area is 127 Å². The summed E-state index contributed by atoms with van der Waals surface area (Å²) in [6, 6.07) is 2.57. The monoisotopic (exact) mass is 363 g/mol. The Bertz CT molecular complexity index is 552. The van der Waals surface area contributed by atoms with Crippen molar-refractivity contribution in [2.24, 2.45) is 5.73 Å². The minimum Gasteiger partial charge on any atom is -0.480 e. The fourth-order valence-corrected chi connectivity index (χ4v) is 1.84. The molecular weight excluding hydrogens is 353 g/mol. The molecule has 0 aliphatic rings. The topological polar surface area (TPSA) is 122 Å². The largest absolute Gasteiger partial charge is 0.480 e. The maximum absolute atomic E-state index is 11.7. The zero-order chi connectivity index (χ0) is 15.3. The molecule has 0 aliphatic carbocycles. The Morgan fingerprint density at radius 2 is 2.05 bits per heavy atom. The van der Waals surface area contributed by atoms with Gasteiger partial charge in [0.25, 0.3) is 0 Å². The van der Waals surface area contributed by atoms with E-state index in [-0.39, 0.29) is 5.02 Å². The number of carbonyl (C=O) groups excluding carboxylic acids is 2. The highest BCUT2D eigenvalue weighted by molar-refractivity contribution is 9.10. The van der Waals surface area contributed by atoms with Crippen LogP contribution >= 0.6 is 27.5 Å². The van der Waals surface area contributed by atoms with Crippen molar-refractivity contribution >= 4 is 51.1 Å². The maximum atomic E-state index is 11.7. The number of halogens is 2. The first kappa shape index (κ1) is 16.3. The Morgan fingerprint density at radius 1 is 1.40 bits per heavy atom. The number of amides is 3. The number of nitrogens with two attached hydrogens (primary N) is 1. The number of rotatable bonds is 5. The average Bonchev–Trinajstić information content (AvgIpc) is 2.32. The van der Waals surface area contributed by atoms with Crippen molar-refractivity contribution in [2.75, 3.05) is 5.32 Å². The lowest BCUT2D eigenvalue weighted by atomic mass is 10.2. The zero-order valence-electron chi connectivity index (χ0n) is 10.0. The molecule has 7 nitrogen and oxygen atoms in total. The molecule has 108 valence electrons. The van der Waals surface area contributed by atoms with Gasteiger partial charge in [0.1, 0.15) is 6.04 Å². The van der Waals surface area contributed by atoms with Gasteiger partial charge in [0, 0.05) is 4.47 Å². The first-order valence-corrected chi connectivity index (χ1v) is 6.50. The van der Waals surface area contributed by atoms with E-state index in [0.717, 1.165) is 0 Å². The van der Waals surface area contributed by atoms with Crippen LogP contribution in [0.2, 0.25) is 5.02 Å². The predicted molar refractivity (Wildman–Crippen MR) is 76.5 cm³/mol. The summed E-state index contributed by atoms with van der Waals surface area (Å²) in [5.41, 5.74) is 5.20. The van der Waals surface area contributed by atoms with E-state index in [0.29, 0.717) is 10.2 Å². The van der Waals surface area contributed by atoms with E-state index in [4.69, 9.17) is 22.4 Å². The van der Waals surface area contributed by atoms with Gasteiger partial charge in [-0.1, -0.05) is 27.5 Å². The Hall–Kier alpha value is -1.80. The molecule has 0 radical (unpaired) electrons. The average molecular weight is 365 g/mol. The third-order valence-corrected chi connectivity index (χ3v) is 3.01. The van der Waals surface area contributed by atoms with E-state index >= 15 is 0 Å². The summed E-state index contributed by atoms with van der Waals surface area (Å²) in [6.07, 6.45) is -0.505. The van der Waals surface area contributed by atoms with Crippen LogP contribution in [0.25, 0.3) is 0 Å². The molecular formula is C11H11BrClN3O4. The first-order chi connectivity index (χ1) is 9.29. The Kier molecular flexibility index (Phi) is 5.78. The molecule has 1 aromatic rings. The molecule has 0 bridgehead atoms. The summed E-state index contributed by atoms with van der Waals surface area (Å²) in [5.74, 6) is -2.20. The molecule has 1 aromatic carbocycles. The minimum absolute atomic E-state index is 0.283. The third-order valence-electron chi connectivity index (χ3n) is 2.19. The molecule has 0 aliphatic heterocycles. The second-order valence-electron chi connectivity index (χ2n) is 3.78. The second-order valence-corrected chi connectivity index (χ2v) is 5.11. The lowest BCUT2D eigenvalue weighted by molar-refractivity contribution is -0.140. The highest BCUT2D eigenvalue weighted by Crippen LogP contribution is 2.25. The minimum atomic E-state index is -1.40. The first-order valence-electron chi connectivity index (χ1n) is 5.33. The maximum Gasteiger partial charge on any atom is 0.326 e. The quantitative estimate of drug-likeness (QED) is 0.633. The number of anilines is 1. The van der Waals surface area contributed by atoms with Crippen molar-refractivity contribution in [3.8, 4) is 0 Å². The summed E-state index contributed by atoms with van der Waals surface area (Å²) in [7, 11) is 0. The molecule has 0 aromatic heterocycles. The summed E-state index contributed by atoms with van der Waals surface area (Å²) in [4.78, 5) is 33.2. The van der Waals surface area contributed by atoms with Crippen molar-refractivity contribution in [1.82, 2.24) is 5.32 Å². The van der Waals surface area contributed by atoms with Crippen LogP contribution in [0, 0.1) is 0 Å². The fraction of sp³-hybridized carbons (Fsp3) is 0.182. The molecule has 0 heterocycles. The number of hydrogen-bond acceptors (Lipinski definition) is 3. The van der Waals surface area contributed by atoms with Gasteiger partial charge in [-0.15, -0.1) is 0 Å². The standard InChI is InChI=1S/C11H11BrClN3O4/c12-5-1-2-6(13)7(3-5)15-11(20)16-8(10(18)19)4-9(14)17/h1-3,8H,4H2,(H2,14,17)(H,18,19)(H2,15,16,20)/t8-/m0/s1. The number of nitrogens with one attached hydrogen (secondary N) is 2. The Balaban J connectivity index is 2.72. The normalized spacial score (nSPS) is 11.5. The van der Waals surface area contributed by atoms with Crippen molar-refractivity contribution in [3.63, 3.8) is 0 Å². The van der Waals surface area contributed by atoms with Crippen LogP contribution in [0.1, 0.15) is 6.42 Å². The smallest absolute Gasteiger partial charge is 0.326 e. The molecule has 9 heteroatoms. The van der Waals surface area contributed by atoms with Gasteiger partial charge < -0.3 is 21.5 Å². The van der Waals surface area contributed by atoms with Crippen LogP contribution in [0.15, 0.2) is 22.7 Å². The van der Waals surface area contributed by atoms with Crippen molar-refractivity contribution in [3.05, 3.63) is 27.7 Å². The molecule has 1 rings (SSSR count). The van der Waals surface area contributed by atoms with Crippen molar-refractivity contribution in [2.45, 2.75) is 12.5 Å².